The number of hydrogen-bond donors (Lipinski definition) is 0. The summed E-state index contributed by atoms with van der Waals surface area (Å²) >= 11 is 17.8. The standard InChI is InChI=1S/C10H12Cl3NO/c1-14(6-11)5-7-3-4-8(15-2)10(13)9(7)12/h3-4H,5-6H2,1-2H3. The lowest BCUT2D eigenvalue weighted by atomic mass is 10.2. The second-order valence-corrected chi connectivity index (χ2v) is 4.18. The second kappa shape index (κ2) is 5.80. The fraction of sp³-hybridized carbons (Fsp3) is 0.400. The van der Waals surface area contributed by atoms with Crippen LogP contribution in [0.1, 0.15) is 5.56 Å². The average molecular weight is 269 g/mol. The van der Waals surface area contributed by atoms with E-state index < -0.39 is 0 Å². The number of ether oxygens (including phenoxy) is 1. The Morgan fingerprint density at radius 2 is 1.93 bits per heavy atom. The number of nitrogens with zero attached hydrogens (tertiary/aromatic N) is 1. The number of hydrogen-bond acceptors (Lipinski definition) is 2. The Morgan fingerprint density at radius 3 is 2.47 bits per heavy atom. The molecule has 0 spiro atoms. The highest BCUT2D eigenvalue weighted by Gasteiger charge is 2.11. The van der Waals surface area contributed by atoms with Crippen molar-refractivity contribution in [1.29, 1.82) is 0 Å². The smallest absolute Gasteiger partial charge is 0.138 e. The molecule has 0 radical (unpaired) electrons. The van der Waals surface area contributed by atoms with Gasteiger partial charge in [-0.1, -0.05) is 29.3 Å². The van der Waals surface area contributed by atoms with E-state index in [1.54, 1.807) is 13.2 Å². The summed E-state index contributed by atoms with van der Waals surface area (Å²) in [6.07, 6.45) is 0. The van der Waals surface area contributed by atoms with Gasteiger partial charge in [0, 0.05) is 6.54 Å². The normalized spacial score (nSPS) is 10.8. The third-order valence-corrected chi connectivity index (χ3v) is 3.30. The zero-order valence-corrected chi connectivity index (χ0v) is 10.8. The minimum atomic E-state index is 0.444. The van der Waals surface area contributed by atoms with Crippen LogP contribution in [-0.2, 0) is 6.54 Å². The highest BCUT2D eigenvalue weighted by Crippen LogP contribution is 2.34. The van der Waals surface area contributed by atoms with E-state index in [-0.39, 0.29) is 0 Å². The largest absolute Gasteiger partial charge is 0.495 e. The first kappa shape index (κ1) is 12.9. The predicted molar refractivity (Wildman–Crippen MR) is 65.2 cm³/mol. The summed E-state index contributed by atoms with van der Waals surface area (Å²) in [5.74, 6) is 0.582. The van der Waals surface area contributed by atoms with Gasteiger partial charge in [-0.05, 0) is 18.7 Å². The Balaban J connectivity index is 2.96. The van der Waals surface area contributed by atoms with Gasteiger partial charge in [0.05, 0.1) is 18.1 Å². The fourth-order valence-corrected chi connectivity index (χ4v) is 1.75. The fourth-order valence-electron chi connectivity index (χ4n) is 1.18. The molecule has 0 aliphatic carbocycles. The van der Waals surface area contributed by atoms with E-state index in [2.05, 4.69) is 0 Å². The lowest BCUT2D eigenvalue weighted by Crippen LogP contribution is -2.15. The van der Waals surface area contributed by atoms with Crippen molar-refractivity contribution in [3.8, 4) is 5.75 Å². The minimum Gasteiger partial charge on any atom is -0.495 e. The molecule has 0 saturated heterocycles. The van der Waals surface area contributed by atoms with Crippen LogP contribution in [0.3, 0.4) is 0 Å². The molecule has 0 amide bonds. The Morgan fingerprint density at radius 1 is 1.27 bits per heavy atom. The summed E-state index contributed by atoms with van der Waals surface area (Å²) in [6.45, 7) is 0.659. The van der Waals surface area contributed by atoms with Gasteiger partial charge in [0.2, 0.25) is 0 Å². The van der Waals surface area contributed by atoms with Crippen LogP contribution in [0.5, 0.6) is 5.75 Å². The average Bonchev–Trinajstić information content (AvgIpc) is 2.25. The van der Waals surface area contributed by atoms with Gasteiger partial charge in [-0.2, -0.15) is 0 Å². The van der Waals surface area contributed by atoms with Crippen molar-refractivity contribution in [3.05, 3.63) is 27.7 Å². The van der Waals surface area contributed by atoms with E-state index in [1.165, 1.54) is 0 Å². The van der Waals surface area contributed by atoms with Crippen molar-refractivity contribution < 1.29 is 4.74 Å². The molecule has 84 valence electrons. The summed E-state index contributed by atoms with van der Waals surface area (Å²) in [6, 6.07) is 4.13. The monoisotopic (exact) mass is 267 g/mol. The topological polar surface area (TPSA) is 12.5 Å². The van der Waals surface area contributed by atoms with Crippen LogP contribution in [0.4, 0.5) is 0 Å². The first-order valence-electron chi connectivity index (χ1n) is 4.35. The third kappa shape index (κ3) is 3.15. The van der Waals surface area contributed by atoms with Gasteiger partial charge in [-0.3, -0.25) is 4.90 Å². The maximum Gasteiger partial charge on any atom is 0.138 e. The maximum atomic E-state index is 6.10. The predicted octanol–water partition coefficient (Wildman–Crippen LogP) is 3.63. The molecule has 0 aromatic heterocycles. The van der Waals surface area contributed by atoms with Crippen molar-refractivity contribution in [1.82, 2.24) is 4.90 Å². The van der Waals surface area contributed by atoms with Crippen LogP contribution in [-0.4, -0.2) is 25.1 Å². The Kier molecular flexibility index (Phi) is 5.00. The molecule has 15 heavy (non-hydrogen) atoms. The number of methoxy groups -OCH3 is 1. The highest BCUT2D eigenvalue weighted by atomic mass is 35.5. The molecule has 0 aliphatic rings. The molecular formula is C10H12Cl3NO. The molecule has 0 fully saturated rings. The molecule has 2 nitrogen and oxygen atoms in total. The second-order valence-electron chi connectivity index (χ2n) is 3.19. The van der Waals surface area contributed by atoms with Crippen LogP contribution in [0.15, 0.2) is 12.1 Å². The van der Waals surface area contributed by atoms with Gasteiger partial charge in [0.15, 0.2) is 0 Å². The lowest BCUT2D eigenvalue weighted by molar-refractivity contribution is 0.381. The summed E-state index contributed by atoms with van der Waals surface area (Å²) < 4.78 is 5.06. The number of benzene rings is 1. The summed E-state index contributed by atoms with van der Waals surface area (Å²) in [5.41, 5.74) is 0.936. The molecule has 0 saturated carbocycles. The van der Waals surface area contributed by atoms with Gasteiger partial charge in [-0.15, -0.1) is 11.6 Å². The molecule has 0 aliphatic heterocycles. The van der Waals surface area contributed by atoms with Gasteiger partial charge in [0.1, 0.15) is 10.8 Å². The van der Waals surface area contributed by atoms with Crippen LogP contribution in [0.2, 0.25) is 10.0 Å². The SMILES string of the molecule is COc1ccc(CN(C)CCl)c(Cl)c1Cl. The Bertz CT molecular complexity index is 344. The molecule has 1 aromatic carbocycles. The highest BCUT2D eigenvalue weighted by molar-refractivity contribution is 6.43. The van der Waals surface area contributed by atoms with E-state index >= 15 is 0 Å². The summed E-state index contributed by atoms with van der Waals surface area (Å²) in [5, 5.41) is 0.965. The molecule has 0 bridgehead atoms. The molecule has 0 N–H and O–H groups in total. The van der Waals surface area contributed by atoms with Crippen molar-refractivity contribution in [2.45, 2.75) is 6.54 Å². The van der Waals surface area contributed by atoms with Crippen LogP contribution in [0, 0.1) is 0 Å². The molecule has 5 heteroatoms. The van der Waals surface area contributed by atoms with Crippen LogP contribution < -0.4 is 4.74 Å². The van der Waals surface area contributed by atoms with Crippen molar-refractivity contribution in [2.24, 2.45) is 0 Å². The minimum absolute atomic E-state index is 0.444. The Hall–Kier alpha value is -0.150. The van der Waals surface area contributed by atoms with Gasteiger partial charge >= 0.3 is 0 Å². The zero-order chi connectivity index (χ0) is 11.4. The third-order valence-electron chi connectivity index (χ3n) is 1.99. The van der Waals surface area contributed by atoms with Crippen LogP contribution in [0.25, 0.3) is 0 Å². The van der Waals surface area contributed by atoms with Crippen molar-refractivity contribution in [2.75, 3.05) is 20.2 Å². The quantitative estimate of drug-likeness (QED) is 0.611. The van der Waals surface area contributed by atoms with E-state index in [4.69, 9.17) is 39.5 Å². The zero-order valence-electron chi connectivity index (χ0n) is 8.56. The Labute approximate surface area is 105 Å². The summed E-state index contributed by atoms with van der Waals surface area (Å²) in [4.78, 5) is 1.92. The van der Waals surface area contributed by atoms with E-state index in [9.17, 15) is 0 Å². The first-order chi connectivity index (χ1) is 7.10. The van der Waals surface area contributed by atoms with Gasteiger partial charge in [-0.25, -0.2) is 0 Å². The number of halogens is 3. The molecule has 0 heterocycles. The van der Waals surface area contributed by atoms with Crippen molar-refractivity contribution in [3.63, 3.8) is 0 Å². The van der Waals surface area contributed by atoms with Crippen LogP contribution >= 0.6 is 34.8 Å². The van der Waals surface area contributed by atoms with Crippen molar-refractivity contribution >= 4 is 34.8 Å². The van der Waals surface area contributed by atoms with E-state index in [0.717, 1.165) is 5.56 Å². The molecular weight excluding hydrogens is 256 g/mol. The lowest BCUT2D eigenvalue weighted by Gasteiger charge is -2.15. The molecule has 0 unspecified atom stereocenters. The van der Waals surface area contributed by atoms with Gasteiger partial charge in [0.25, 0.3) is 0 Å². The number of rotatable bonds is 4. The number of alkyl halides is 1. The molecule has 1 rings (SSSR count). The van der Waals surface area contributed by atoms with E-state index in [0.29, 0.717) is 28.3 Å². The molecule has 1 aromatic rings. The van der Waals surface area contributed by atoms with Gasteiger partial charge < -0.3 is 4.74 Å². The summed E-state index contributed by atoms with van der Waals surface area (Å²) in [7, 11) is 3.46. The maximum absolute atomic E-state index is 6.10. The first-order valence-corrected chi connectivity index (χ1v) is 5.64. The van der Waals surface area contributed by atoms with E-state index in [1.807, 2.05) is 18.0 Å². The molecule has 0 atom stereocenters.